The number of nitrogens with one attached hydrogen (secondary N) is 1. The molecule has 1 aromatic rings. The molecule has 0 spiro atoms. The van der Waals surface area contributed by atoms with Gasteiger partial charge >= 0.3 is 0 Å². The molecular weight excluding hydrogens is 258 g/mol. The second kappa shape index (κ2) is 5.40. The molecule has 3 unspecified atom stereocenters. The van der Waals surface area contributed by atoms with Crippen molar-refractivity contribution in [3.63, 3.8) is 0 Å². The van der Waals surface area contributed by atoms with Crippen molar-refractivity contribution < 1.29 is 5.11 Å². The molecule has 3 rings (SSSR count). The van der Waals surface area contributed by atoms with Gasteiger partial charge in [0.25, 0.3) is 0 Å². The molecule has 1 aromatic carbocycles. The minimum absolute atomic E-state index is 0.171. The Hall–Kier alpha value is -0.860. The highest BCUT2D eigenvalue weighted by Crippen LogP contribution is 2.65. The minimum atomic E-state index is 0.171. The quantitative estimate of drug-likeness (QED) is 0.870. The van der Waals surface area contributed by atoms with Crippen LogP contribution in [0.2, 0.25) is 0 Å². The Bertz CT molecular complexity index is 484. The third-order valence-corrected chi connectivity index (χ3v) is 6.78. The smallest absolute Gasteiger partial charge is 0.0587 e. The summed E-state index contributed by atoms with van der Waals surface area (Å²) in [6, 6.07) is 11.2. The van der Waals surface area contributed by atoms with Gasteiger partial charge in [-0.05, 0) is 48.0 Å². The van der Waals surface area contributed by atoms with Gasteiger partial charge in [0.15, 0.2) is 0 Å². The largest absolute Gasteiger partial charge is 0.395 e. The molecule has 2 nitrogen and oxygen atoms in total. The van der Waals surface area contributed by atoms with Crippen LogP contribution in [0.3, 0.4) is 0 Å². The molecule has 0 aromatic heterocycles. The highest BCUT2D eigenvalue weighted by molar-refractivity contribution is 5.17. The van der Waals surface area contributed by atoms with Gasteiger partial charge in [-0.2, -0.15) is 0 Å². The molecule has 116 valence electrons. The maximum Gasteiger partial charge on any atom is 0.0587 e. The summed E-state index contributed by atoms with van der Waals surface area (Å²) in [5.41, 5.74) is 2.11. The zero-order chi connectivity index (χ0) is 15.1. The van der Waals surface area contributed by atoms with Crippen LogP contribution in [0.25, 0.3) is 0 Å². The van der Waals surface area contributed by atoms with Crippen molar-refractivity contribution in [3.8, 4) is 0 Å². The maximum absolute atomic E-state index is 9.77. The number of hydrogen-bond donors (Lipinski definition) is 2. The maximum atomic E-state index is 9.77. The van der Waals surface area contributed by atoms with Gasteiger partial charge in [0.05, 0.1) is 6.61 Å². The van der Waals surface area contributed by atoms with Crippen LogP contribution in [-0.2, 0) is 6.42 Å². The van der Waals surface area contributed by atoms with Crippen LogP contribution in [0.1, 0.15) is 45.6 Å². The van der Waals surface area contributed by atoms with Crippen molar-refractivity contribution >= 4 is 0 Å². The second-order valence-electron chi connectivity index (χ2n) is 7.90. The molecule has 2 fully saturated rings. The molecule has 2 saturated carbocycles. The van der Waals surface area contributed by atoms with Gasteiger partial charge in [-0.15, -0.1) is 0 Å². The van der Waals surface area contributed by atoms with E-state index in [1.165, 1.54) is 24.8 Å². The van der Waals surface area contributed by atoms with E-state index in [9.17, 15) is 5.11 Å². The summed E-state index contributed by atoms with van der Waals surface area (Å²) in [7, 11) is 0. The van der Waals surface area contributed by atoms with Crippen LogP contribution in [0.5, 0.6) is 0 Å². The molecule has 0 radical (unpaired) electrons. The van der Waals surface area contributed by atoms with E-state index >= 15 is 0 Å². The van der Waals surface area contributed by atoms with Crippen LogP contribution in [0.4, 0.5) is 0 Å². The zero-order valence-corrected chi connectivity index (χ0v) is 13.6. The van der Waals surface area contributed by atoms with E-state index in [1.54, 1.807) is 0 Å². The van der Waals surface area contributed by atoms with Crippen LogP contribution >= 0.6 is 0 Å². The number of fused-ring (bicyclic) bond motifs is 2. The van der Waals surface area contributed by atoms with Crippen molar-refractivity contribution in [2.24, 2.45) is 16.7 Å². The first kappa shape index (κ1) is 15.1. The standard InChI is InChI=1S/C19H29NO/c1-18(2)15-9-10-19(18,3)17(12-15)20-16(13-21)11-14-7-5-4-6-8-14/h4-8,15-17,20-21H,9-13H2,1-3H3/t15?,16-,17?,19?/m1/s1. The number of rotatable bonds is 5. The van der Waals surface area contributed by atoms with E-state index in [0.29, 0.717) is 16.9 Å². The van der Waals surface area contributed by atoms with Gasteiger partial charge in [0.1, 0.15) is 0 Å². The predicted octanol–water partition coefficient (Wildman–Crippen LogP) is 3.39. The minimum Gasteiger partial charge on any atom is -0.395 e. The van der Waals surface area contributed by atoms with Crippen LogP contribution in [-0.4, -0.2) is 23.8 Å². The van der Waals surface area contributed by atoms with Gasteiger partial charge in [0.2, 0.25) is 0 Å². The average molecular weight is 287 g/mol. The summed E-state index contributed by atoms with van der Waals surface area (Å²) in [5, 5.41) is 13.6. The fourth-order valence-electron chi connectivity index (χ4n) is 4.82. The van der Waals surface area contributed by atoms with Gasteiger partial charge in [0, 0.05) is 12.1 Å². The van der Waals surface area contributed by atoms with Crippen molar-refractivity contribution in [2.75, 3.05) is 6.61 Å². The number of aliphatic hydroxyl groups is 1. The van der Waals surface area contributed by atoms with Gasteiger partial charge in [-0.1, -0.05) is 51.1 Å². The summed E-state index contributed by atoms with van der Waals surface area (Å²) in [6.07, 6.45) is 4.89. The Balaban J connectivity index is 1.68. The topological polar surface area (TPSA) is 32.3 Å². The lowest BCUT2D eigenvalue weighted by molar-refractivity contribution is 0.107. The summed E-state index contributed by atoms with van der Waals surface area (Å²) in [6.45, 7) is 7.55. The van der Waals surface area contributed by atoms with Gasteiger partial charge in [-0.25, -0.2) is 0 Å². The molecule has 4 atom stereocenters. The normalized spacial score (nSPS) is 35.0. The first-order valence-corrected chi connectivity index (χ1v) is 8.38. The summed E-state index contributed by atoms with van der Waals surface area (Å²) < 4.78 is 0. The van der Waals surface area contributed by atoms with Gasteiger partial charge in [-0.3, -0.25) is 0 Å². The van der Waals surface area contributed by atoms with Crippen LogP contribution in [0, 0.1) is 16.7 Å². The second-order valence-corrected chi connectivity index (χ2v) is 7.90. The first-order chi connectivity index (χ1) is 9.97. The van der Waals surface area contributed by atoms with E-state index in [-0.39, 0.29) is 12.6 Å². The molecule has 21 heavy (non-hydrogen) atoms. The SMILES string of the molecule is CC1(C)C2CCC1(C)C(N[C@@H](CO)Cc1ccccc1)C2. The van der Waals surface area contributed by atoms with Gasteiger partial charge < -0.3 is 10.4 Å². The third kappa shape index (κ3) is 2.43. The first-order valence-electron chi connectivity index (χ1n) is 8.38. The van der Waals surface area contributed by atoms with E-state index < -0.39 is 0 Å². The molecule has 2 aliphatic rings. The summed E-state index contributed by atoms with van der Waals surface area (Å²) in [4.78, 5) is 0. The Morgan fingerprint density at radius 3 is 2.48 bits per heavy atom. The fraction of sp³-hybridized carbons (Fsp3) is 0.684. The van der Waals surface area contributed by atoms with Crippen LogP contribution in [0.15, 0.2) is 30.3 Å². The Kier molecular flexibility index (Phi) is 3.87. The average Bonchev–Trinajstić information content (AvgIpc) is 2.81. The lowest BCUT2D eigenvalue weighted by Crippen LogP contribution is -2.50. The van der Waals surface area contributed by atoms with Crippen molar-refractivity contribution in [1.82, 2.24) is 5.32 Å². The van der Waals surface area contributed by atoms with Crippen LogP contribution < -0.4 is 5.32 Å². The van der Waals surface area contributed by atoms with E-state index in [0.717, 1.165) is 12.3 Å². The predicted molar refractivity (Wildman–Crippen MR) is 87.2 cm³/mol. The Morgan fingerprint density at radius 2 is 1.95 bits per heavy atom. The Labute approximate surface area is 129 Å². The van der Waals surface area contributed by atoms with Crippen molar-refractivity contribution in [2.45, 2.75) is 58.5 Å². The van der Waals surface area contributed by atoms with E-state index in [2.05, 4.69) is 50.4 Å². The summed E-state index contributed by atoms with van der Waals surface area (Å²) >= 11 is 0. The monoisotopic (exact) mass is 287 g/mol. The Morgan fingerprint density at radius 1 is 1.24 bits per heavy atom. The number of benzene rings is 1. The molecule has 0 saturated heterocycles. The molecule has 0 heterocycles. The fourth-order valence-corrected chi connectivity index (χ4v) is 4.82. The third-order valence-electron chi connectivity index (χ3n) is 6.78. The molecule has 0 amide bonds. The van der Waals surface area contributed by atoms with Crippen molar-refractivity contribution in [3.05, 3.63) is 35.9 Å². The molecular formula is C19H29NO. The zero-order valence-electron chi connectivity index (χ0n) is 13.6. The molecule has 2 aliphatic carbocycles. The lowest BCUT2D eigenvalue weighted by atomic mass is 9.69. The molecule has 2 bridgehead atoms. The molecule has 0 aliphatic heterocycles. The summed E-state index contributed by atoms with van der Waals surface area (Å²) in [5.74, 6) is 0.844. The lowest BCUT2D eigenvalue weighted by Gasteiger charge is -2.41. The van der Waals surface area contributed by atoms with Crippen molar-refractivity contribution in [1.29, 1.82) is 0 Å². The number of hydrogen-bond acceptors (Lipinski definition) is 2. The number of aliphatic hydroxyl groups excluding tert-OH is 1. The molecule has 2 N–H and O–H groups in total. The molecule has 2 heteroatoms. The van der Waals surface area contributed by atoms with E-state index in [1.807, 2.05) is 6.07 Å². The highest BCUT2D eigenvalue weighted by atomic mass is 16.3. The van der Waals surface area contributed by atoms with E-state index in [4.69, 9.17) is 0 Å². The highest BCUT2D eigenvalue weighted by Gasteiger charge is 2.61.